The van der Waals surface area contributed by atoms with E-state index in [9.17, 15) is 9.59 Å². The van der Waals surface area contributed by atoms with Crippen molar-refractivity contribution in [3.05, 3.63) is 96.3 Å². The Morgan fingerprint density at radius 2 is 1.70 bits per heavy atom. The zero-order valence-corrected chi connectivity index (χ0v) is 19.0. The minimum Gasteiger partial charge on any atom is -0.494 e. The lowest BCUT2D eigenvalue weighted by Crippen LogP contribution is -2.38. The van der Waals surface area contributed by atoms with Crippen LogP contribution in [-0.4, -0.2) is 28.7 Å². The van der Waals surface area contributed by atoms with E-state index in [1.54, 1.807) is 4.40 Å². The van der Waals surface area contributed by atoms with Gasteiger partial charge in [0.1, 0.15) is 11.4 Å². The third-order valence-corrected chi connectivity index (χ3v) is 5.66. The van der Waals surface area contributed by atoms with Gasteiger partial charge in [-0.3, -0.25) is 9.59 Å². The standard InChI is InChI=1S/C28H28N2O3/c1-3-33-24-16-14-22(15-17-24)25-19-23-11-7-8-18-30(23)26(25)27(31)28(32)29-20(2)12-13-21-9-5-4-6-10-21/h4-11,14-20H,3,12-13H2,1-2H3,(H,29,32)/t20-/m1/s1. The number of hydrogen-bond donors (Lipinski definition) is 1. The number of carbonyl (C=O) groups excluding carboxylic acids is 2. The van der Waals surface area contributed by atoms with Crippen molar-refractivity contribution in [1.82, 2.24) is 9.72 Å². The van der Waals surface area contributed by atoms with Crippen molar-refractivity contribution >= 4 is 17.2 Å². The summed E-state index contributed by atoms with van der Waals surface area (Å²) in [6.45, 7) is 4.45. The molecule has 5 heteroatoms. The van der Waals surface area contributed by atoms with Crippen molar-refractivity contribution in [2.75, 3.05) is 6.61 Å². The van der Waals surface area contributed by atoms with Crippen LogP contribution in [0.25, 0.3) is 16.6 Å². The fraction of sp³-hybridized carbons (Fsp3) is 0.214. The zero-order chi connectivity index (χ0) is 23.2. The van der Waals surface area contributed by atoms with E-state index in [2.05, 4.69) is 17.4 Å². The summed E-state index contributed by atoms with van der Waals surface area (Å²) >= 11 is 0. The fourth-order valence-electron chi connectivity index (χ4n) is 3.97. The molecule has 1 atom stereocenters. The van der Waals surface area contributed by atoms with Crippen LogP contribution in [0.3, 0.4) is 0 Å². The SMILES string of the molecule is CCOc1ccc(-c2cc3ccccn3c2C(=O)C(=O)N[C@H](C)CCc2ccccc2)cc1. The highest BCUT2D eigenvalue weighted by Crippen LogP contribution is 2.30. The van der Waals surface area contributed by atoms with E-state index in [1.807, 2.05) is 86.8 Å². The number of amides is 1. The number of carbonyl (C=O) groups is 2. The second-order valence-electron chi connectivity index (χ2n) is 8.09. The van der Waals surface area contributed by atoms with Crippen LogP contribution < -0.4 is 10.1 Å². The van der Waals surface area contributed by atoms with Crippen LogP contribution in [0.5, 0.6) is 5.75 Å². The van der Waals surface area contributed by atoms with Gasteiger partial charge in [0.05, 0.1) is 6.61 Å². The highest BCUT2D eigenvalue weighted by molar-refractivity contribution is 6.43. The Hall–Kier alpha value is -3.86. The molecular formula is C28H28N2O3. The highest BCUT2D eigenvalue weighted by Gasteiger charge is 2.25. The Morgan fingerprint density at radius 3 is 2.42 bits per heavy atom. The van der Waals surface area contributed by atoms with Crippen molar-refractivity contribution in [1.29, 1.82) is 0 Å². The number of fused-ring (bicyclic) bond motifs is 1. The van der Waals surface area contributed by atoms with E-state index in [-0.39, 0.29) is 6.04 Å². The number of ether oxygens (including phenoxy) is 1. The number of nitrogens with one attached hydrogen (secondary N) is 1. The number of benzene rings is 2. The summed E-state index contributed by atoms with van der Waals surface area (Å²) in [5, 5.41) is 2.89. The lowest BCUT2D eigenvalue weighted by atomic mass is 10.0. The Kier molecular flexibility index (Phi) is 6.89. The van der Waals surface area contributed by atoms with E-state index in [0.29, 0.717) is 12.3 Å². The lowest BCUT2D eigenvalue weighted by molar-refractivity contribution is -0.117. The van der Waals surface area contributed by atoms with Crippen molar-refractivity contribution in [2.24, 2.45) is 0 Å². The normalized spacial score (nSPS) is 11.8. The molecule has 0 saturated carbocycles. The van der Waals surface area contributed by atoms with Gasteiger partial charge in [0.25, 0.3) is 11.7 Å². The average molecular weight is 441 g/mol. The van der Waals surface area contributed by atoms with Gasteiger partial charge in [-0.05, 0) is 68.1 Å². The molecule has 1 N–H and O–H groups in total. The van der Waals surface area contributed by atoms with Crippen LogP contribution in [0, 0.1) is 0 Å². The van der Waals surface area contributed by atoms with E-state index < -0.39 is 11.7 Å². The van der Waals surface area contributed by atoms with Crippen molar-refractivity contribution in [3.8, 4) is 16.9 Å². The molecule has 0 spiro atoms. The van der Waals surface area contributed by atoms with Crippen LogP contribution in [0.4, 0.5) is 0 Å². The summed E-state index contributed by atoms with van der Waals surface area (Å²) in [6, 6.07) is 25.2. The van der Waals surface area contributed by atoms with Gasteiger partial charge >= 0.3 is 0 Å². The van der Waals surface area contributed by atoms with E-state index in [1.165, 1.54) is 5.56 Å². The topological polar surface area (TPSA) is 59.8 Å². The van der Waals surface area contributed by atoms with Crippen LogP contribution in [0.15, 0.2) is 85.1 Å². The van der Waals surface area contributed by atoms with E-state index in [0.717, 1.165) is 35.2 Å². The molecule has 4 aromatic rings. The molecule has 0 aliphatic carbocycles. The van der Waals surface area contributed by atoms with Gasteiger partial charge in [0, 0.05) is 23.3 Å². The molecule has 5 nitrogen and oxygen atoms in total. The van der Waals surface area contributed by atoms with Gasteiger partial charge in [-0.15, -0.1) is 0 Å². The smallest absolute Gasteiger partial charge is 0.294 e. The van der Waals surface area contributed by atoms with E-state index >= 15 is 0 Å². The molecule has 0 unspecified atom stereocenters. The average Bonchev–Trinajstić information content (AvgIpc) is 3.23. The first-order valence-corrected chi connectivity index (χ1v) is 11.3. The number of pyridine rings is 1. The number of hydrogen-bond acceptors (Lipinski definition) is 3. The number of aromatic nitrogens is 1. The van der Waals surface area contributed by atoms with Gasteiger partial charge < -0.3 is 14.5 Å². The molecule has 0 fully saturated rings. The minimum atomic E-state index is -0.591. The number of rotatable bonds is 9. The second-order valence-corrected chi connectivity index (χ2v) is 8.09. The second kappa shape index (κ2) is 10.2. The molecule has 0 saturated heterocycles. The summed E-state index contributed by atoms with van der Waals surface area (Å²) in [5.41, 5.74) is 4.01. The number of aryl methyl sites for hydroxylation is 1. The summed E-state index contributed by atoms with van der Waals surface area (Å²) in [7, 11) is 0. The Labute approximate surface area is 194 Å². The monoisotopic (exact) mass is 440 g/mol. The fourth-order valence-corrected chi connectivity index (χ4v) is 3.97. The van der Waals surface area contributed by atoms with Crippen molar-refractivity contribution in [2.45, 2.75) is 32.7 Å². The zero-order valence-electron chi connectivity index (χ0n) is 19.0. The number of Topliss-reactive ketones (excluding diaryl/α,β-unsaturated/α-hetero) is 1. The molecule has 4 rings (SSSR count). The Morgan fingerprint density at radius 1 is 0.970 bits per heavy atom. The molecule has 0 radical (unpaired) electrons. The molecule has 1 amide bonds. The summed E-state index contributed by atoms with van der Waals surface area (Å²) in [5.74, 6) is -0.369. The molecular weight excluding hydrogens is 412 g/mol. The summed E-state index contributed by atoms with van der Waals surface area (Å²) in [6.07, 6.45) is 3.40. The summed E-state index contributed by atoms with van der Waals surface area (Å²) < 4.78 is 7.31. The maximum absolute atomic E-state index is 13.3. The number of ketones is 1. The first kappa shape index (κ1) is 22.3. The van der Waals surface area contributed by atoms with Crippen LogP contribution >= 0.6 is 0 Å². The molecule has 2 aromatic carbocycles. The first-order valence-electron chi connectivity index (χ1n) is 11.3. The largest absolute Gasteiger partial charge is 0.494 e. The molecule has 33 heavy (non-hydrogen) atoms. The quantitative estimate of drug-likeness (QED) is 0.283. The van der Waals surface area contributed by atoms with Gasteiger partial charge in [0.2, 0.25) is 0 Å². The van der Waals surface area contributed by atoms with Crippen LogP contribution in [0.2, 0.25) is 0 Å². The Balaban J connectivity index is 1.56. The molecule has 2 heterocycles. The molecule has 0 aliphatic heterocycles. The van der Waals surface area contributed by atoms with Gasteiger partial charge in [-0.1, -0.05) is 48.5 Å². The molecule has 2 aromatic heterocycles. The van der Waals surface area contributed by atoms with Crippen LogP contribution in [0.1, 0.15) is 36.3 Å². The minimum absolute atomic E-state index is 0.123. The predicted octanol–water partition coefficient (Wildman–Crippen LogP) is 5.33. The van der Waals surface area contributed by atoms with Crippen molar-refractivity contribution < 1.29 is 14.3 Å². The van der Waals surface area contributed by atoms with Crippen molar-refractivity contribution in [3.63, 3.8) is 0 Å². The molecule has 168 valence electrons. The first-order chi connectivity index (χ1) is 16.1. The van der Waals surface area contributed by atoms with Gasteiger partial charge in [-0.25, -0.2) is 0 Å². The molecule has 0 bridgehead atoms. The highest BCUT2D eigenvalue weighted by atomic mass is 16.5. The van der Waals surface area contributed by atoms with E-state index in [4.69, 9.17) is 4.74 Å². The van der Waals surface area contributed by atoms with Gasteiger partial charge in [0.15, 0.2) is 0 Å². The third kappa shape index (κ3) is 5.14. The third-order valence-electron chi connectivity index (χ3n) is 5.66. The molecule has 0 aliphatic rings. The van der Waals surface area contributed by atoms with Gasteiger partial charge in [-0.2, -0.15) is 0 Å². The maximum atomic E-state index is 13.3. The Bertz CT molecular complexity index is 1240. The summed E-state index contributed by atoms with van der Waals surface area (Å²) in [4.78, 5) is 26.3. The predicted molar refractivity (Wildman–Crippen MR) is 131 cm³/mol. The van der Waals surface area contributed by atoms with Crippen LogP contribution in [-0.2, 0) is 11.2 Å². The lowest BCUT2D eigenvalue weighted by Gasteiger charge is -2.14. The maximum Gasteiger partial charge on any atom is 0.294 e. The number of nitrogens with zero attached hydrogens (tertiary/aromatic N) is 1.